The Morgan fingerprint density at radius 3 is 2.21 bits per heavy atom. The maximum atomic E-state index is 12.5. The number of carbonyl (C=O) groups is 3. The molecule has 0 heterocycles. The van der Waals surface area contributed by atoms with E-state index in [9.17, 15) is 14.4 Å². The number of methoxy groups -OCH3 is 1. The zero-order valence-electron chi connectivity index (χ0n) is 21.2. The van der Waals surface area contributed by atoms with Gasteiger partial charge in [-0.2, -0.15) is 0 Å². The second-order valence-electron chi connectivity index (χ2n) is 11.9. The van der Waals surface area contributed by atoms with Crippen LogP contribution in [0.4, 0.5) is 0 Å². The van der Waals surface area contributed by atoms with Crippen LogP contribution in [0.15, 0.2) is 0 Å². The lowest BCUT2D eigenvalue weighted by Gasteiger charge is -2.62. The molecule has 6 nitrogen and oxygen atoms in total. The van der Waals surface area contributed by atoms with E-state index in [2.05, 4.69) is 13.8 Å². The number of ether oxygens (including phenoxy) is 3. The van der Waals surface area contributed by atoms with Crippen LogP contribution in [0.3, 0.4) is 0 Å². The first-order valence-electron chi connectivity index (χ1n) is 12.9. The minimum atomic E-state index is -0.231. The van der Waals surface area contributed by atoms with Crippen LogP contribution in [-0.2, 0) is 28.6 Å². The molecule has 0 spiro atoms. The Balaban J connectivity index is 1.64. The Hall–Kier alpha value is -1.59. The maximum absolute atomic E-state index is 12.5. The summed E-state index contributed by atoms with van der Waals surface area (Å²) in [5.74, 6) is 1.43. The highest BCUT2D eigenvalue weighted by Crippen LogP contribution is 2.68. The largest absolute Gasteiger partial charge is 0.469 e. The third-order valence-corrected chi connectivity index (χ3v) is 10.6. The third-order valence-electron chi connectivity index (χ3n) is 10.6. The number of hydrogen-bond donors (Lipinski definition) is 0. The van der Waals surface area contributed by atoms with Crippen molar-refractivity contribution in [2.45, 2.75) is 98.2 Å². The molecule has 0 aromatic carbocycles. The molecule has 0 aromatic rings. The molecule has 4 rings (SSSR count). The summed E-state index contributed by atoms with van der Waals surface area (Å²) in [4.78, 5) is 36.3. The second kappa shape index (κ2) is 8.88. The Labute approximate surface area is 198 Å². The van der Waals surface area contributed by atoms with E-state index < -0.39 is 0 Å². The molecule has 6 heteroatoms. The van der Waals surface area contributed by atoms with Gasteiger partial charge in [0.05, 0.1) is 13.0 Å². The first-order chi connectivity index (χ1) is 15.5. The molecule has 0 saturated heterocycles. The van der Waals surface area contributed by atoms with Gasteiger partial charge in [0.1, 0.15) is 12.2 Å². The number of rotatable bonds is 4. The zero-order chi connectivity index (χ0) is 24.1. The smallest absolute Gasteiger partial charge is 0.308 e. The highest BCUT2D eigenvalue weighted by Gasteiger charge is 2.65. The van der Waals surface area contributed by atoms with Crippen molar-refractivity contribution in [3.8, 4) is 0 Å². The first-order valence-corrected chi connectivity index (χ1v) is 12.9. The summed E-state index contributed by atoms with van der Waals surface area (Å²) in [6.45, 7) is 9.71. The molecule has 0 aliphatic heterocycles. The summed E-state index contributed by atoms with van der Waals surface area (Å²) in [6.07, 6.45) is 8.03. The van der Waals surface area contributed by atoms with Gasteiger partial charge in [-0.25, -0.2) is 0 Å². The lowest BCUT2D eigenvalue weighted by molar-refractivity contribution is -0.198. The SMILES string of the molecule is COC(=O)[C@H](C)[C@@H]1CC[C@@H]2[C@@H]3CC[C@@H]4C[C@H](OC(C)=O)CC[C@]4(C)[C@@H]3C[C@H](OC(C)=O)[C@@]21C. The Morgan fingerprint density at radius 1 is 0.879 bits per heavy atom. The average molecular weight is 463 g/mol. The van der Waals surface area contributed by atoms with E-state index in [0.29, 0.717) is 23.7 Å². The van der Waals surface area contributed by atoms with Crippen LogP contribution >= 0.6 is 0 Å². The number of fused-ring (bicyclic) bond motifs is 5. The van der Waals surface area contributed by atoms with Crippen molar-refractivity contribution in [3.63, 3.8) is 0 Å². The fourth-order valence-electron chi connectivity index (χ4n) is 9.08. The molecule has 4 fully saturated rings. The van der Waals surface area contributed by atoms with Gasteiger partial charge in [-0.15, -0.1) is 0 Å². The molecule has 4 saturated carbocycles. The molecule has 0 aromatic heterocycles. The van der Waals surface area contributed by atoms with Crippen molar-refractivity contribution >= 4 is 17.9 Å². The zero-order valence-corrected chi connectivity index (χ0v) is 21.2. The fourth-order valence-corrected chi connectivity index (χ4v) is 9.08. The van der Waals surface area contributed by atoms with Crippen molar-refractivity contribution in [2.24, 2.45) is 46.3 Å². The molecule has 33 heavy (non-hydrogen) atoms. The van der Waals surface area contributed by atoms with Crippen molar-refractivity contribution in [2.75, 3.05) is 7.11 Å². The van der Waals surface area contributed by atoms with E-state index in [1.54, 1.807) is 0 Å². The molecule has 4 aliphatic carbocycles. The number of carbonyl (C=O) groups excluding carboxylic acids is 3. The van der Waals surface area contributed by atoms with Crippen LogP contribution in [0.1, 0.15) is 86.0 Å². The minimum Gasteiger partial charge on any atom is -0.469 e. The maximum Gasteiger partial charge on any atom is 0.308 e. The van der Waals surface area contributed by atoms with Crippen LogP contribution in [0, 0.1) is 46.3 Å². The van der Waals surface area contributed by atoms with Crippen molar-refractivity contribution in [1.29, 1.82) is 0 Å². The highest BCUT2D eigenvalue weighted by atomic mass is 16.5. The van der Waals surface area contributed by atoms with Crippen molar-refractivity contribution in [1.82, 2.24) is 0 Å². The Kier molecular flexibility index (Phi) is 6.60. The van der Waals surface area contributed by atoms with Gasteiger partial charge in [0, 0.05) is 19.3 Å². The van der Waals surface area contributed by atoms with Gasteiger partial charge in [-0.05, 0) is 86.4 Å². The molecule has 10 atom stereocenters. The third kappa shape index (κ3) is 3.99. The average Bonchev–Trinajstić information content (AvgIpc) is 3.11. The van der Waals surface area contributed by atoms with Crippen molar-refractivity contribution < 1.29 is 28.6 Å². The highest BCUT2D eigenvalue weighted by molar-refractivity contribution is 5.72. The lowest BCUT2D eigenvalue weighted by atomic mass is 9.43. The van der Waals surface area contributed by atoms with Gasteiger partial charge in [0.2, 0.25) is 0 Å². The van der Waals surface area contributed by atoms with E-state index >= 15 is 0 Å². The van der Waals surface area contributed by atoms with E-state index in [-0.39, 0.29) is 52.8 Å². The molecule has 0 bridgehead atoms. The second-order valence-corrected chi connectivity index (χ2v) is 11.9. The summed E-state index contributed by atoms with van der Waals surface area (Å²) in [7, 11) is 1.46. The molecule has 0 amide bonds. The van der Waals surface area contributed by atoms with Gasteiger partial charge in [0.25, 0.3) is 0 Å². The quantitative estimate of drug-likeness (QED) is 0.435. The summed E-state index contributed by atoms with van der Waals surface area (Å²) in [6, 6.07) is 0. The van der Waals surface area contributed by atoms with E-state index in [0.717, 1.165) is 44.9 Å². The Bertz CT molecular complexity index is 793. The summed E-state index contributed by atoms with van der Waals surface area (Å²) < 4.78 is 16.8. The molecular weight excluding hydrogens is 420 g/mol. The normalized spacial score (nSPS) is 45.1. The van der Waals surface area contributed by atoms with Gasteiger partial charge in [-0.3, -0.25) is 14.4 Å². The molecule has 0 radical (unpaired) electrons. The molecule has 186 valence electrons. The van der Waals surface area contributed by atoms with Gasteiger partial charge >= 0.3 is 17.9 Å². The Morgan fingerprint density at radius 2 is 1.58 bits per heavy atom. The number of esters is 3. The summed E-state index contributed by atoms with van der Waals surface area (Å²) in [5, 5.41) is 0. The topological polar surface area (TPSA) is 78.9 Å². The molecule has 0 unspecified atom stereocenters. The van der Waals surface area contributed by atoms with Crippen LogP contribution in [0.5, 0.6) is 0 Å². The van der Waals surface area contributed by atoms with Gasteiger partial charge in [-0.1, -0.05) is 20.8 Å². The summed E-state index contributed by atoms with van der Waals surface area (Å²) >= 11 is 0. The monoisotopic (exact) mass is 462 g/mol. The standard InChI is InChI=1S/C27H42O6/c1-15(25(30)31-6)21-9-10-22-20-8-7-18-13-19(32-16(2)28)11-12-26(18,4)23(20)14-24(27(21,22)5)33-17(3)29/h15,18-24H,7-14H2,1-6H3/t15-,18-,19-,20+,21+,22-,23-,24+,26+,27-/m1/s1. The van der Waals surface area contributed by atoms with Crippen LogP contribution in [-0.4, -0.2) is 37.2 Å². The predicted octanol–water partition coefficient (Wildman–Crippen LogP) is 4.93. The summed E-state index contributed by atoms with van der Waals surface area (Å²) in [5.41, 5.74) is -0.0378. The molecular formula is C27H42O6. The predicted molar refractivity (Wildman–Crippen MR) is 123 cm³/mol. The minimum absolute atomic E-state index is 0.0343. The van der Waals surface area contributed by atoms with Crippen LogP contribution in [0.25, 0.3) is 0 Å². The van der Waals surface area contributed by atoms with Crippen LogP contribution < -0.4 is 0 Å². The van der Waals surface area contributed by atoms with Gasteiger partial charge < -0.3 is 14.2 Å². The van der Waals surface area contributed by atoms with Gasteiger partial charge in [0.15, 0.2) is 0 Å². The first kappa shape index (κ1) is 24.5. The lowest BCUT2D eigenvalue weighted by Crippen LogP contribution is -2.60. The van der Waals surface area contributed by atoms with E-state index in [4.69, 9.17) is 14.2 Å². The van der Waals surface area contributed by atoms with E-state index in [1.807, 2.05) is 6.92 Å². The van der Waals surface area contributed by atoms with E-state index in [1.165, 1.54) is 27.4 Å². The fraction of sp³-hybridized carbons (Fsp3) is 0.889. The van der Waals surface area contributed by atoms with Crippen molar-refractivity contribution in [3.05, 3.63) is 0 Å². The number of hydrogen-bond acceptors (Lipinski definition) is 6. The molecule has 0 N–H and O–H groups in total. The molecule has 4 aliphatic rings. The van der Waals surface area contributed by atoms with Crippen LogP contribution in [0.2, 0.25) is 0 Å².